The average molecular weight is 423 g/mol. The molecule has 4 heteroatoms. The fourth-order valence-corrected chi connectivity index (χ4v) is 6.55. The Bertz CT molecular complexity index is 937. The summed E-state index contributed by atoms with van der Waals surface area (Å²) in [7, 11) is 2.14. The summed E-state index contributed by atoms with van der Waals surface area (Å²) in [5, 5.41) is 13.5. The molecule has 3 aliphatic rings. The lowest BCUT2D eigenvalue weighted by Crippen LogP contribution is -2.51. The Kier molecular flexibility index (Phi) is 5.70. The molecule has 5 rings (SSSR count). The number of nitrogens with zero attached hydrogens (tertiary/aromatic N) is 1. The van der Waals surface area contributed by atoms with Gasteiger partial charge in [0.25, 0.3) is 0 Å². The highest BCUT2D eigenvalue weighted by atomic mass is 32.2. The smallest absolute Gasteiger partial charge is 0.0590 e. The van der Waals surface area contributed by atoms with Crippen LogP contribution >= 0.6 is 11.8 Å². The molecule has 1 unspecified atom stereocenters. The van der Waals surface area contributed by atoms with Crippen molar-refractivity contribution in [1.82, 2.24) is 10.2 Å². The first-order valence-corrected chi connectivity index (χ1v) is 12.6. The van der Waals surface area contributed by atoms with Gasteiger partial charge in [-0.3, -0.25) is 4.90 Å². The molecule has 0 bridgehead atoms. The zero-order valence-electron chi connectivity index (χ0n) is 18.3. The van der Waals surface area contributed by atoms with Crippen molar-refractivity contribution in [3.05, 3.63) is 63.7 Å². The van der Waals surface area contributed by atoms with E-state index in [1.54, 1.807) is 11.1 Å². The molecule has 3 nitrogen and oxygen atoms in total. The third-order valence-corrected chi connectivity index (χ3v) is 8.69. The SMILES string of the molecule is CCc1cc(CSc2ccc3c(c2)CCNC32CCC2)c2c(c1)CC(CO)N(C)C2. The normalized spacial score (nSPS) is 22.4. The number of aliphatic hydroxyl groups is 1. The van der Waals surface area contributed by atoms with E-state index in [1.807, 2.05) is 11.8 Å². The lowest BCUT2D eigenvalue weighted by Gasteiger charge is -2.47. The topological polar surface area (TPSA) is 35.5 Å². The van der Waals surface area contributed by atoms with Gasteiger partial charge in [0.15, 0.2) is 0 Å². The van der Waals surface area contributed by atoms with Crippen LogP contribution in [0.5, 0.6) is 0 Å². The minimum absolute atomic E-state index is 0.238. The Hall–Kier alpha value is -1.33. The molecule has 30 heavy (non-hydrogen) atoms. The van der Waals surface area contributed by atoms with Crippen LogP contribution in [-0.2, 0) is 37.1 Å². The number of rotatable bonds is 5. The van der Waals surface area contributed by atoms with E-state index in [0.29, 0.717) is 5.54 Å². The monoisotopic (exact) mass is 422 g/mol. The van der Waals surface area contributed by atoms with E-state index in [0.717, 1.165) is 38.1 Å². The van der Waals surface area contributed by atoms with Crippen LogP contribution in [0.1, 0.15) is 59.6 Å². The summed E-state index contributed by atoms with van der Waals surface area (Å²) >= 11 is 1.98. The van der Waals surface area contributed by atoms with E-state index in [9.17, 15) is 5.11 Å². The van der Waals surface area contributed by atoms with Crippen LogP contribution < -0.4 is 5.32 Å². The number of aliphatic hydroxyl groups excluding tert-OH is 1. The van der Waals surface area contributed by atoms with Crippen molar-refractivity contribution in [3.63, 3.8) is 0 Å². The first-order chi connectivity index (χ1) is 14.6. The zero-order valence-corrected chi connectivity index (χ0v) is 19.2. The van der Waals surface area contributed by atoms with Crippen molar-refractivity contribution in [2.75, 3.05) is 20.2 Å². The number of hydrogen-bond acceptors (Lipinski definition) is 4. The molecule has 2 N–H and O–H groups in total. The number of hydrogen-bond donors (Lipinski definition) is 2. The lowest BCUT2D eigenvalue weighted by molar-refractivity contribution is 0.131. The van der Waals surface area contributed by atoms with Gasteiger partial charge < -0.3 is 10.4 Å². The maximum absolute atomic E-state index is 9.74. The molecule has 1 atom stereocenters. The van der Waals surface area contributed by atoms with Gasteiger partial charge in [-0.2, -0.15) is 0 Å². The molecule has 160 valence electrons. The highest BCUT2D eigenvalue weighted by Crippen LogP contribution is 2.45. The van der Waals surface area contributed by atoms with Gasteiger partial charge in [-0.05, 0) is 91.1 Å². The van der Waals surface area contributed by atoms with Crippen LogP contribution in [0.3, 0.4) is 0 Å². The molecule has 0 saturated heterocycles. The van der Waals surface area contributed by atoms with Gasteiger partial charge in [0.2, 0.25) is 0 Å². The second kappa shape index (κ2) is 8.31. The summed E-state index contributed by atoms with van der Waals surface area (Å²) in [6.45, 7) is 4.54. The molecule has 0 amide bonds. The number of likely N-dealkylation sites (N-methyl/N-ethyl adjacent to an activating group) is 1. The molecule has 2 aromatic carbocycles. The highest BCUT2D eigenvalue weighted by Gasteiger charge is 2.41. The van der Waals surface area contributed by atoms with Crippen LogP contribution in [0, 0.1) is 0 Å². The van der Waals surface area contributed by atoms with Crippen molar-refractivity contribution in [2.45, 2.75) is 74.2 Å². The Labute approximate surface area is 185 Å². The minimum Gasteiger partial charge on any atom is -0.395 e. The van der Waals surface area contributed by atoms with Crippen LogP contribution in [-0.4, -0.2) is 36.2 Å². The van der Waals surface area contributed by atoms with E-state index in [4.69, 9.17) is 0 Å². The van der Waals surface area contributed by atoms with E-state index in [-0.39, 0.29) is 12.6 Å². The van der Waals surface area contributed by atoms with Gasteiger partial charge in [-0.15, -0.1) is 11.8 Å². The maximum atomic E-state index is 9.74. The number of aryl methyl sites for hydroxylation is 1. The fraction of sp³-hybridized carbons (Fsp3) is 0.538. The van der Waals surface area contributed by atoms with E-state index < -0.39 is 0 Å². The third kappa shape index (κ3) is 3.62. The maximum Gasteiger partial charge on any atom is 0.0590 e. The predicted molar refractivity (Wildman–Crippen MR) is 125 cm³/mol. The fourth-order valence-electron chi connectivity index (χ4n) is 5.58. The summed E-state index contributed by atoms with van der Waals surface area (Å²) in [4.78, 5) is 3.71. The van der Waals surface area contributed by atoms with Gasteiger partial charge in [-0.1, -0.05) is 25.1 Å². The Morgan fingerprint density at radius 2 is 2.07 bits per heavy atom. The Morgan fingerprint density at radius 1 is 1.20 bits per heavy atom. The highest BCUT2D eigenvalue weighted by molar-refractivity contribution is 7.98. The predicted octanol–water partition coefficient (Wildman–Crippen LogP) is 4.42. The molecule has 2 aromatic rings. The molecule has 1 aliphatic carbocycles. The lowest BCUT2D eigenvalue weighted by atomic mass is 9.68. The average Bonchev–Trinajstić information content (AvgIpc) is 2.75. The largest absolute Gasteiger partial charge is 0.395 e. The Balaban J connectivity index is 1.38. The van der Waals surface area contributed by atoms with E-state index in [2.05, 4.69) is 54.5 Å². The summed E-state index contributed by atoms with van der Waals surface area (Å²) in [5.41, 5.74) is 9.26. The molecular formula is C26H34N2OS. The second-order valence-electron chi connectivity index (χ2n) is 9.42. The van der Waals surface area contributed by atoms with Crippen LogP contribution in [0.15, 0.2) is 35.2 Å². The summed E-state index contributed by atoms with van der Waals surface area (Å²) < 4.78 is 0. The Morgan fingerprint density at radius 3 is 2.80 bits per heavy atom. The van der Waals surface area contributed by atoms with Gasteiger partial charge in [0.1, 0.15) is 0 Å². The number of thioether (sulfide) groups is 1. The van der Waals surface area contributed by atoms with Crippen LogP contribution in [0.4, 0.5) is 0 Å². The quantitative estimate of drug-likeness (QED) is 0.700. The molecule has 0 radical (unpaired) electrons. The number of benzene rings is 2. The third-order valence-electron chi connectivity index (χ3n) is 7.65. The van der Waals surface area contributed by atoms with E-state index >= 15 is 0 Å². The molecule has 1 spiro atoms. The van der Waals surface area contributed by atoms with Crippen molar-refractivity contribution < 1.29 is 5.11 Å². The zero-order chi connectivity index (χ0) is 20.7. The standard InChI is InChI=1S/C26H34N2OS/c1-3-18-11-20-13-22(16-29)28(2)15-24(20)21(12-18)17-30-23-5-6-25-19(14-23)7-10-27-26(25)8-4-9-26/h5-6,11-12,14,22,27,29H,3-4,7-10,13,15-17H2,1-2H3. The molecule has 0 aromatic heterocycles. The van der Waals surface area contributed by atoms with Crippen LogP contribution in [0.2, 0.25) is 0 Å². The summed E-state index contributed by atoms with van der Waals surface area (Å²) in [5.74, 6) is 1.02. The summed E-state index contributed by atoms with van der Waals surface area (Å²) in [6.07, 6.45) is 7.13. The van der Waals surface area contributed by atoms with Crippen molar-refractivity contribution >= 4 is 11.8 Å². The molecule has 2 aliphatic heterocycles. The van der Waals surface area contributed by atoms with Crippen LogP contribution in [0.25, 0.3) is 0 Å². The minimum atomic E-state index is 0.238. The van der Waals surface area contributed by atoms with Gasteiger partial charge >= 0.3 is 0 Å². The van der Waals surface area contributed by atoms with E-state index in [1.165, 1.54) is 46.4 Å². The summed E-state index contributed by atoms with van der Waals surface area (Å²) in [6, 6.07) is 12.3. The first kappa shape index (κ1) is 20.6. The molecule has 1 fully saturated rings. The van der Waals surface area contributed by atoms with Gasteiger partial charge in [-0.25, -0.2) is 0 Å². The van der Waals surface area contributed by atoms with Gasteiger partial charge in [0, 0.05) is 35.3 Å². The number of fused-ring (bicyclic) bond motifs is 3. The van der Waals surface area contributed by atoms with Gasteiger partial charge in [0.05, 0.1) is 6.61 Å². The van der Waals surface area contributed by atoms with Crippen molar-refractivity contribution in [2.24, 2.45) is 0 Å². The second-order valence-corrected chi connectivity index (χ2v) is 10.5. The van der Waals surface area contributed by atoms with Crippen molar-refractivity contribution in [1.29, 1.82) is 0 Å². The van der Waals surface area contributed by atoms with Crippen molar-refractivity contribution in [3.8, 4) is 0 Å². The molecular weight excluding hydrogens is 388 g/mol. The number of nitrogens with one attached hydrogen (secondary N) is 1. The first-order valence-electron chi connectivity index (χ1n) is 11.6. The molecule has 1 saturated carbocycles. The molecule has 2 heterocycles.